The van der Waals surface area contributed by atoms with Crippen LogP contribution in [0, 0.1) is 20.2 Å². The van der Waals surface area contributed by atoms with E-state index in [0.29, 0.717) is 10.6 Å². The Bertz CT molecular complexity index is 850. The van der Waals surface area contributed by atoms with E-state index in [1.165, 1.54) is 18.3 Å². The van der Waals surface area contributed by atoms with Crippen LogP contribution < -0.4 is 5.43 Å². The monoisotopic (exact) mass is 388 g/mol. The molecule has 0 heterocycles. The molecule has 0 saturated carbocycles. The quantitative estimate of drug-likeness (QED) is 0.456. The van der Waals surface area contributed by atoms with E-state index in [9.17, 15) is 33.4 Å². The first-order valence-electron chi connectivity index (χ1n) is 6.68. The average molecular weight is 389 g/mol. The SMILES string of the molecule is O=[N+]([O-])c1cc(C(F)(F)F)cc([N+](=O)[O-])c1N/N=C/c1ccc(Cl)cc1. The van der Waals surface area contributed by atoms with Crippen molar-refractivity contribution in [2.24, 2.45) is 5.10 Å². The fraction of sp³-hybridized carbons (Fsp3) is 0.0714. The molecular weight excluding hydrogens is 381 g/mol. The standard InChI is InChI=1S/C14H8ClF3N4O4/c15-10-3-1-8(2-4-10)7-19-20-13-11(21(23)24)5-9(14(16,17)18)6-12(13)22(25)26/h1-7,20H/b19-7+. The Morgan fingerprint density at radius 2 is 1.54 bits per heavy atom. The summed E-state index contributed by atoms with van der Waals surface area (Å²) in [7, 11) is 0. The van der Waals surface area contributed by atoms with Crippen molar-refractivity contribution < 1.29 is 23.0 Å². The molecule has 26 heavy (non-hydrogen) atoms. The summed E-state index contributed by atoms with van der Waals surface area (Å²) in [6, 6.07) is 6.56. The number of hydrazone groups is 1. The first-order valence-corrected chi connectivity index (χ1v) is 7.06. The maximum Gasteiger partial charge on any atom is 0.416 e. The molecule has 8 nitrogen and oxygen atoms in total. The zero-order valence-electron chi connectivity index (χ0n) is 12.5. The van der Waals surface area contributed by atoms with E-state index in [1.807, 2.05) is 0 Å². The van der Waals surface area contributed by atoms with Gasteiger partial charge in [0.2, 0.25) is 5.69 Å². The molecule has 0 aliphatic heterocycles. The van der Waals surface area contributed by atoms with Crippen LogP contribution in [0.25, 0.3) is 0 Å². The highest BCUT2D eigenvalue weighted by Crippen LogP contribution is 2.41. The lowest BCUT2D eigenvalue weighted by atomic mass is 10.1. The van der Waals surface area contributed by atoms with Crippen LogP contribution in [0.3, 0.4) is 0 Å². The second kappa shape index (κ2) is 7.35. The summed E-state index contributed by atoms with van der Waals surface area (Å²) in [5.74, 6) is 0. The van der Waals surface area contributed by atoms with Crippen molar-refractivity contribution in [3.05, 3.63) is 72.8 Å². The van der Waals surface area contributed by atoms with Gasteiger partial charge in [0.25, 0.3) is 0 Å². The smallest absolute Gasteiger partial charge is 0.266 e. The molecule has 0 saturated heterocycles. The Kier molecular flexibility index (Phi) is 5.41. The highest BCUT2D eigenvalue weighted by Gasteiger charge is 2.37. The minimum absolute atomic E-state index is 0.202. The molecule has 0 aliphatic rings. The number of nitrogens with zero attached hydrogens (tertiary/aromatic N) is 3. The normalized spacial score (nSPS) is 11.5. The van der Waals surface area contributed by atoms with Crippen LogP contribution in [0.1, 0.15) is 11.1 Å². The number of nitro groups is 2. The summed E-state index contributed by atoms with van der Waals surface area (Å²) in [5, 5.41) is 26.2. The highest BCUT2D eigenvalue weighted by molar-refractivity contribution is 6.30. The van der Waals surface area contributed by atoms with Gasteiger partial charge in [-0.2, -0.15) is 18.3 Å². The lowest BCUT2D eigenvalue weighted by Gasteiger charge is -2.09. The number of nitrogens with one attached hydrogen (secondary N) is 1. The van der Waals surface area contributed by atoms with Crippen LogP contribution >= 0.6 is 11.6 Å². The van der Waals surface area contributed by atoms with Gasteiger partial charge in [0.1, 0.15) is 0 Å². The van der Waals surface area contributed by atoms with Crippen molar-refractivity contribution in [3.63, 3.8) is 0 Å². The van der Waals surface area contributed by atoms with Crippen LogP contribution in [0.5, 0.6) is 0 Å². The number of benzene rings is 2. The molecule has 0 radical (unpaired) electrons. The van der Waals surface area contributed by atoms with Gasteiger partial charge in [0, 0.05) is 17.2 Å². The van der Waals surface area contributed by atoms with Gasteiger partial charge in [0.15, 0.2) is 0 Å². The Labute approximate surface area is 148 Å². The van der Waals surface area contributed by atoms with E-state index < -0.39 is 38.6 Å². The second-order valence-corrected chi connectivity index (χ2v) is 5.26. The Hall–Kier alpha value is -3.21. The van der Waals surface area contributed by atoms with Crippen LogP contribution in [0.4, 0.5) is 30.2 Å². The van der Waals surface area contributed by atoms with E-state index in [2.05, 4.69) is 10.5 Å². The largest absolute Gasteiger partial charge is 0.416 e. The molecule has 2 aromatic carbocycles. The zero-order valence-corrected chi connectivity index (χ0v) is 13.3. The number of alkyl halides is 3. The van der Waals surface area contributed by atoms with Crippen molar-refractivity contribution in [1.29, 1.82) is 0 Å². The zero-order chi connectivity index (χ0) is 19.5. The molecule has 12 heteroatoms. The summed E-state index contributed by atoms with van der Waals surface area (Å²) < 4.78 is 38.4. The summed E-state index contributed by atoms with van der Waals surface area (Å²) in [6.45, 7) is 0. The number of hydrogen-bond acceptors (Lipinski definition) is 6. The van der Waals surface area contributed by atoms with Gasteiger partial charge in [0.05, 0.1) is 21.6 Å². The topological polar surface area (TPSA) is 111 Å². The summed E-state index contributed by atoms with van der Waals surface area (Å²) in [5.41, 5.74) is -1.96. The van der Waals surface area contributed by atoms with Crippen LogP contribution in [0.2, 0.25) is 5.02 Å². The molecule has 0 spiro atoms. The fourth-order valence-electron chi connectivity index (χ4n) is 1.90. The van der Waals surface area contributed by atoms with E-state index in [4.69, 9.17) is 11.6 Å². The van der Waals surface area contributed by atoms with E-state index in [-0.39, 0.29) is 12.1 Å². The predicted octanol–water partition coefficient (Wildman–Crippen LogP) is 4.62. The number of hydrogen-bond donors (Lipinski definition) is 1. The predicted molar refractivity (Wildman–Crippen MR) is 87.4 cm³/mol. The third-order valence-corrected chi connectivity index (χ3v) is 3.33. The van der Waals surface area contributed by atoms with Crippen molar-refractivity contribution in [3.8, 4) is 0 Å². The summed E-state index contributed by atoms with van der Waals surface area (Å²) in [4.78, 5) is 19.8. The molecular formula is C14H8ClF3N4O4. The van der Waals surface area contributed by atoms with Crippen molar-refractivity contribution in [2.45, 2.75) is 6.18 Å². The first kappa shape index (κ1) is 19.1. The van der Waals surface area contributed by atoms with Crippen molar-refractivity contribution in [2.75, 3.05) is 5.43 Å². The fourth-order valence-corrected chi connectivity index (χ4v) is 2.02. The Morgan fingerprint density at radius 3 is 1.96 bits per heavy atom. The highest BCUT2D eigenvalue weighted by atomic mass is 35.5. The Morgan fingerprint density at radius 1 is 1.04 bits per heavy atom. The molecule has 0 bridgehead atoms. The van der Waals surface area contributed by atoms with E-state index in [1.54, 1.807) is 12.1 Å². The van der Waals surface area contributed by atoms with Gasteiger partial charge in [-0.25, -0.2) is 0 Å². The minimum Gasteiger partial charge on any atom is -0.266 e. The molecule has 0 atom stereocenters. The van der Waals surface area contributed by atoms with Gasteiger partial charge >= 0.3 is 17.6 Å². The Balaban J connectivity index is 2.46. The average Bonchev–Trinajstić information content (AvgIpc) is 2.55. The number of rotatable bonds is 5. The van der Waals surface area contributed by atoms with Gasteiger partial charge < -0.3 is 0 Å². The van der Waals surface area contributed by atoms with Gasteiger partial charge in [-0.1, -0.05) is 23.7 Å². The number of nitro benzene ring substituents is 2. The van der Waals surface area contributed by atoms with Crippen molar-refractivity contribution in [1.82, 2.24) is 0 Å². The number of halogens is 4. The third-order valence-electron chi connectivity index (χ3n) is 3.08. The molecule has 2 rings (SSSR count). The summed E-state index contributed by atoms with van der Waals surface area (Å²) >= 11 is 5.70. The van der Waals surface area contributed by atoms with Crippen molar-refractivity contribution >= 4 is 34.9 Å². The third kappa shape index (κ3) is 4.45. The lowest BCUT2D eigenvalue weighted by molar-refractivity contribution is -0.392. The van der Waals surface area contributed by atoms with Crippen LogP contribution in [-0.4, -0.2) is 16.1 Å². The molecule has 0 aromatic heterocycles. The van der Waals surface area contributed by atoms with E-state index in [0.717, 1.165) is 0 Å². The molecule has 0 fully saturated rings. The molecule has 0 amide bonds. The second-order valence-electron chi connectivity index (χ2n) is 4.82. The summed E-state index contributed by atoms with van der Waals surface area (Å²) in [6.07, 6.45) is -3.82. The number of anilines is 1. The lowest BCUT2D eigenvalue weighted by Crippen LogP contribution is -2.09. The van der Waals surface area contributed by atoms with Crippen LogP contribution in [-0.2, 0) is 6.18 Å². The molecule has 0 aliphatic carbocycles. The van der Waals surface area contributed by atoms with Gasteiger partial charge in [-0.3, -0.25) is 25.7 Å². The molecule has 1 N–H and O–H groups in total. The maximum atomic E-state index is 12.8. The van der Waals surface area contributed by atoms with Gasteiger partial charge in [-0.05, 0) is 17.7 Å². The molecule has 2 aromatic rings. The van der Waals surface area contributed by atoms with Crippen LogP contribution in [0.15, 0.2) is 41.5 Å². The minimum atomic E-state index is -4.99. The van der Waals surface area contributed by atoms with E-state index >= 15 is 0 Å². The maximum absolute atomic E-state index is 12.8. The first-order chi connectivity index (χ1) is 12.1. The molecule has 0 unspecified atom stereocenters. The van der Waals surface area contributed by atoms with Gasteiger partial charge in [-0.15, -0.1) is 0 Å². The molecule has 136 valence electrons.